The van der Waals surface area contributed by atoms with E-state index >= 15 is 0 Å². The first-order valence-corrected chi connectivity index (χ1v) is 8.37. The zero-order valence-corrected chi connectivity index (χ0v) is 13.4. The Morgan fingerprint density at radius 3 is 2.43 bits per heavy atom. The first kappa shape index (κ1) is 16.1. The average molecular weight is 285 g/mol. The maximum Gasteiger partial charge on any atom is 0.168 e. The van der Waals surface area contributed by atoms with Gasteiger partial charge in [0.1, 0.15) is 0 Å². The van der Waals surface area contributed by atoms with Crippen molar-refractivity contribution < 1.29 is 0 Å². The quantitative estimate of drug-likeness (QED) is 0.566. The second-order valence-electron chi connectivity index (χ2n) is 6.87. The molecule has 1 aliphatic carbocycles. The van der Waals surface area contributed by atoms with Crippen LogP contribution in [-0.2, 0) is 0 Å². The Hall–Kier alpha value is -1.32. The second-order valence-corrected chi connectivity index (χ2v) is 6.87. The highest BCUT2D eigenvalue weighted by Crippen LogP contribution is 2.52. The Balaban J connectivity index is 2.31. The predicted molar refractivity (Wildman–Crippen MR) is 84.3 cm³/mol. The van der Waals surface area contributed by atoms with E-state index in [9.17, 15) is 10.5 Å². The van der Waals surface area contributed by atoms with E-state index in [0.717, 1.165) is 32.4 Å². The van der Waals surface area contributed by atoms with Crippen LogP contribution in [0.4, 0.5) is 0 Å². The minimum absolute atomic E-state index is 0.0321. The molecule has 2 unspecified atom stereocenters. The molecule has 1 aliphatic heterocycles. The number of unbranched alkanes of at least 4 members (excludes halogenated alkanes) is 2. The summed E-state index contributed by atoms with van der Waals surface area (Å²) in [4.78, 5) is 2.35. The number of hydrogen-bond acceptors (Lipinski definition) is 3. The SMILES string of the molecule is CCCCCC1(C)CC=CC(N2CCCC2)C1(C#N)C#N. The summed E-state index contributed by atoms with van der Waals surface area (Å²) >= 11 is 0. The Morgan fingerprint density at radius 1 is 1.19 bits per heavy atom. The molecule has 1 fully saturated rings. The number of nitrogens with zero attached hydrogens (tertiary/aromatic N) is 3. The van der Waals surface area contributed by atoms with E-state index < -0.39 is 5.41 Å². The summed E-state index contributed by atoms with van der Waals surface area (Å²) in [5.74, 6) is 0. The average Bonchev–Trinajstić information content (AvgIpc) is 3.01. The zero-order chi connectivity index (χ0) is 15.3. The van der Waals surface area contributed by atoms with E-state index in [0.29, 0.717) is 0 Å². The number of hydrogen-bond donors (Lipinski definition) is 0. The van der Waals surface area contributed by atoms with Crippen LogP contribution in [0, 0.1) is 33.5 Å². The van der Waals surface area contributed by atoms with Crippen LogP contribution < -0.4 is 0 Å². The van der Waals surface area contributed by atoms with E-state index in [4.69, 9.17) is 0 Å². The van der Waals surface area contributed by atoms with Gasteiger partial charge in [-0.15, -0.1) is 0 Å². The summed E-state index contributed by atoms with van der Waals surface area (Å²) in [6.07, 6.45) is 12.0. The molecule has 0 aromatic rings. The standard InChI is InChI=1S/C18H27N3/c1-3-4-5-10-17(2)11-8-9-16(18(17,14-19)15-20)21-12-6-7-13-21/h8-9,16H,3-7,10-13H2,1-2H3. The highest BCUT2D eigenvalue weighted by atomic mass is 15.2. The van der Waals surface area contributed by atoms with Crippen LogP contribution in [0.1, 0.15) is 58.8 Å². The molecule has 2 rings (SSSR count). The van der Waals surface area contributed by atoms with Crippen molar-refractivity contribution in [1.82, 2.24) is 4.90 Å². The smallest absolute Gasteiger partial charge is 0.168 e. The van der Waals surface area contributed by atoms with Gasteiger partial charge in [0.25, 0.3) is 0 Å². The topological polar surface area (TPSA) is 50.8 Å². The van der Waals surface area contributed by atoms with Gasteiger partial charge in [0, 0.05) is 5.41 Å². The summed E-state index contributed by atoms with van der Waals surface area (Å²) in [5, 5.41) is 19.9. The van der Waals surface area contributed by atoms with E-state index in [1.165, 1.54) is 25.7 Å². The molecule has 0 aromatic heterocycles. The van der Waals surface area contributed by atoms with E-state index in [1.54, 1.807) is 0 Å². The Kier molecular flexibility index (Phi) is 5.07. The van der Waals surface area contributed by atoms with E-state index in [2.05, 4.69) is 43.0 Å². The van der Waals surface area contributed by atoms with Gasteiger partial charge >= 0.3 is 0 Å². The lowest BCUT2D eigenvalue weighted by Gasteiger charge is -2.48. The van der Waals surface area contributed by atoms with Crippen molar-refractivity contribution in [2.45, 2.75) is 64.8 Å². The minimum atomic E-state index is -0.903. The molecule has 3 nitrogen and oxygen atoms in total. The van der Waals surface area contributed by atoms with Crippen LogP contribution >= 0.6 is 0 Å². The summed E-state index contributed by atoms with van der Waals surface area (Å²) in [6.45, 7) is 6.38. The predicted octanol–water partition coefficient (Wildman–Crippen LogP) is 4.03. The van der Waals surface area contributed by atoms with Gasteiger partial charge in [-0.25, -0.2) is 0 Å². The van der Waals surface area contributed by atoms with Crippen molar-refractivity contribution in [2.24, 2.45) is 10.8 Å². The summed E-state index contributed by atoms with van der Waals surface area (Å²) in [6, 6.07) is 4.88. The molecule has 0 amide bonds. The fourth-order valence-corrected chi connectivity index (χ4v) is 4.03. The van der Waals surface area contributed by atoms with Crippen LogP contribution in [0.15, 0.2) is 12.2 Å². The zero-order valence-electron chi connectivity index (χ0n) is 13.4. The molecule has 114 valence electrons. The van der Waals surface area contributed by atoms with Gasteiger partial charge in [-0.3, -0.25) is 4.90 Å². The lowest BCUT2D eigenvalue weighted by molar-refractivity contribution is 0.0591. The molecule has 1 heterocycles. The Morgan fingerprint density at radius 2 is 1.86 bits per heavy atom. The highest BCUT2D eigenvalue weighted by molar-refractivity contribution is 5.32. The van der Waals surface area contributed by atoms with Crippen molar-refractivity contribution >= 4 is 0 Å². The number of nitriles is 2. The lowest BCUT2D eigenvalue weighted by Crippen LogP contribution is -2.54. The van der Waals surface area contributed by atoms with Gasteiger partial charge in [0.05, 0.1) is 18.2 Å². The molecule has 2 aliphatic rings. The normalized spacial score (nSPS) is 31.7. The molecule has 0 spiro atoms. The Bertz CT molecular complexity index is 448. The van der Waals surface area contributed by atoms with Crippen LogP contribution in [0.3, 0.4) is 0 Å². The monoisotopic (exact) mass is 285 g/mol. The van der Waals surface area contributed by atoms with Gasteiger partial charge in [-0.2, -0.15) is 10.5 Å². The molecule has 1 saturated heterocycles. The molecule has 2 atom stereocenters. The van der Waals surface area contributed by atoms with Crippen LogP contribution in [-0.4, -0.2) is 24.0 Å². The third kappa shape index (κ3) is 2.72. The van der Waals surface area contributed by atoms with Crippen LogP contribution in [0.5, 0.6) is 0 Å². The molecular formula is C18H27N3. The third-order valence-electron chi connectivity index (χ3n) is 5.50. The molecule has 0 N–H and O–H groups in total. The van der Waals surface area contributed by atoms with Crippen LogP contribution in [0.25, 0.3) is 0 Å². The molecule has 3 heteroatoms. The van der Waals surface area contributed by atoms with Gasteiger partial charge in [-0.05, 0) is 38.8 Å². The van der Waals surface area contributed by atoms with Crippen molar-refractivity contribution in [3.8, 4) is 12.1 Å². The molecule has 0 radical (unpaired) electrons. The summed E-state index contributed by atoms with van der Waals surface area (Å²) < 4.78 is 0. The second kappa shape index (κ2) is 6.63. The number of rotatable bonds is 5. The van der Waals surface area contributed by atoms with Crippen molar-refractivity contribution in [3.05, 3.63) is 12.2 Å². The fourth-order valence-electron chi connectivity index (χ4n) is 4.03. The van der Waals surface area contributed by atoms with Gasteiger partial charge in [-0.1, -0.05) is 45.3 Å². The molecule has 0 saturated carbocycles. The fraction of sp³-hybridized carbons (Fsp3) is 0.778. The highest BCUT2D eigenvalue weighted by Gasteiger charge is 2.56. The molecular weight excluding hydrogens is 258 g/mol. The lowest BCUT2D eigenvalue weighted by atomic mass is 9.56. The molecule has 0 aromatic carbocycles. The maximum atomic E-state index is 9.93. The first-order valence-electron chi connectivity index (χ1n) is 8.37. The van der Waals surface area contributed by atoms with E-state index in [-0.39, 0.29) is 11.5 Å². The molecule has 21 heavy (non-hydrogen) atoms. The van der Waals surface area contributed by atoms with Crippen molar-refractivity contribution in [3.63, 3.8) is 0 Å². The maximum absolute atomic E-state index is 9.93. The summed E-state index contributed by atoms with van der Waals surface area (Å²) in [7, 11) is 0. The van der Waals surface area contributed by atoms with Gasteiger partial charge < -0.3 is 0 Å². The van der Waals surface area contributed by atoms with Crippen molar-refractivity contribution in [2.75, 3.05) is 13.1 Å². The Labute approximate surface area is 129 Å². The minimum Gasteiger partial charge on any atom is -0.294 e. The van der Waals surface area contributed by atoms with E-state index in [1.807, 2.05) is 0 Å². The van der Waals surface area contributed by atoms with Gasteiger partial charge in [0.2, 0.25) is 0 Å². The first-order chi connectivity index (χ1) is 10.1. The molecule has 0 bridgehead atoms. The van der Waals surface area contributed by atoms with Crippen molar-refractivity contribution in [1.29, 1.82) is 10.5 Å². The number of allylic oxidation sites excluding steroid dienone is 1. The third-order valence-corrected chi connectivity index (χ3v) is 5.50. The van der Waals surface area contributed by atoms with Crippen LogP contribution in [0.2, 0.25) is 0 Å². The summed E-state index contributed by atoms with van der Waals surface area (Å²) in [5.41, 5.74) is -1.13. The van der Waals surface area contributed by atoms with Gasteiger partial charge in [0.15, 0.2) is 5.41 Å². The number of likely N-dealkylation sites (tertiary alicyclic amines) is 1. The largest absolute Gasteiger partial charge is 0.294 e.